The maximum atomic E-state index is 12.6. The summed E-state index contributed by atoms with van der Waals surface area (Å²) in [6, 6.07) is 5.61. The predicted molar refractivity (Wildman–Crippen MR) is 73.3 cm³/mol. The Morgan fingerprint density at radius 1 is 1.26 bits per heavy atom. The van der Waals surface area contributed by atoms with Crippen molar-refractivity contribution in [3.63, 3.8) is 0 Å². The van der Waals surface area contributed by atoms with Gasteiger partial charge in [-0.15, -0.1) is 0 Å². The summed E-state index contributed by atoms with van der Waals surface area (Å²) in [5, 5.41) is 3.26. The first kappa shape index (κ1) is 14.7. The lowest BCUT2D eigenvalue weighted by molar-refractivity contribution is -0.137. The summed E-state index contributed by atoms with van der Waals surface area (Å²) in [4.78, 5) is 0. The number of alkyl halides is 3. The van der Waals surface area contributed by atoms with Crippen molar-refractivity contribution in [1.29, 1.82) is 0 Å². The minimum atomic E-state index is -4.26. The first-order valence-electron chi connectivity index (χ1n) is 6.35. The molecule has 0 amide bonds. The highest BCUT2D eigenvalue weighted by atomic mass is 32.2. The summed E-state index contributed by atoms with van der Waals surface area (Å²) >= 11 is 1.90. The lowest BCUT2D eigenvalue weighted by Crippen LogP contribution is -2.35. The lowest BCUT2D eigenvalue weighted by atomic mass is 9.90. The van der Waals surface area contributed by atoms with Crippen LogP contribution in [0.2, 0.25) is 0 Å². The van der Waals surface area contributed by atoms with Gasteiger partial charge in [-0.2, -0.15) is 24.9 Å². The second kappa shape index (κ2) is 5.37. The van der Waals surface area contributed by atoms with Gasteiger partial charge in [0.2, 0.25) is 0 Å². The van der Waals surface area contributed by atoms with Crippen LogP contribution in [-0.4, -0.2) is 17.5 Å². The molecule has 1 aromatic rings. The Labute approximate surface area is 116 Å². The van der Waals surface area contributed by atoms with E-state index in [9.17, 15) is 13.2 Å². The second-order valence-electron chi connectivity index (χ2n) is 5.11. The van der Waals surface area contributed by atoms with E-state index in [0.29, 0.717) is 0 Å². The van der Waals surface area contributed by atoms with E-state index < -0.39 is 11.7 Å². The summed E-state index contributed by atoms with van der Waals surface area (Å²) in [6.07, 6.45) is -2.01. The summed E-state index contributed by atoms with van der Waals surface area (Å²) in [6.45, 7) is 2.18. The maximum absolute atomic E-state index is 12.6. The molecular formula is C14H18F3NS. The molecular weight excluding hydrogens is 271 g/mol. The van der Waals surface area contributed by atoms with Crippen LogP contribution in [0.15, 0.2) is 24.3 Å². The van der Waals surface area contributed by atoms with E-state index >= 15 is 0 Å². The largest absolute Gasteiger partial charge is 0.416 e. The van der Waals surface area contributed by atoms with Gasteiger partial charge in [-0.1, -0.05) is 12.1 Å². The average molecular weight is 289 g/mol. The number of hydrogen-bond acceptors (Lipinski definition) is 2. The molecule has 0 aromatic heterocycles. The summed E-state index contributed by atoms with van der Waals surface area (Å²) in [5.41, 5.74) is 0.336. The molecule has 1 nitrogen and oxygen atoms in total. The van der Waals surface area contributed by atoms with Crippen LogP contribution in [0.25, 0.3) is 0 Å². The number of halogens is 3. The maximum Gasteiger partial charge on any atom is 0.416 e. The molecule has 19 heavy (non-hydrogen) atoms. The van der Waals surface area contributed by atoms with Gasteiger partial charge in [0.05, 0.1) is 5.56 Å². The quantitative estimate of drug-likeness (QED) is 0.892. The fourth-order valence-electron chi connectivity index (χ4n) is 2.72. The Morgan fingerprint density at radius 2 is 1.89 bits per heavy atom. The molecule has 1 saturated heterocycles. The molecule has 1 fully saturated rings. The van der Waals surface area contributed by atoms with Crippen LogP contribution in [0.5, 0.6) is 0 Å². The van der Waals surface area contributed by atoms with Gasteiger partial charge >= 0.3 is 6.18 Å². The van der Waals surface area contributed by atoms with E-state index in [2.05, 4.69) is 12.2 Å². The lowest BCUT2D eigenvalue weighted by Gasteiger charge is -2.33. The van der Waals surface area contributed by atoms with Crippen LogP contribution in [0.3, 0.4) is 0 Å². The Balaban J connectivity index is 2.24. The zero-order valence-corrected chi connectivity index (χ0v) is 11.9. The van der Waals surface area contributed by atoms with Gasteiger partial charge in [-0.25, -0.2) is 0 Å². The normalized spacial score (nSPS) is 25.5. The van der Waals surface area contributed by atoms with Gasteiger partial charge in [0, 0.05) is 10.8 Å². The SMILES string of the molecule is CNC(c1ccc(C(F)(F)F)cc1)C1(C)CCCS1. The summed E-state index contributed by atoms with van der Waals surface area (Å²) < 4.78 is 37.7. The van der Waals surface area contributed by atoms with Gasteiger partial charge in [-0.3, -0.25) is 0 Å². The number of rotatable bonds is 3. The molecule has 2 rings (SSSR count). The van der Waals surface area contributed by atoms with Gasteiger partial charge in [-0.05, 0) is 50.3 Å². The molecule has 0 radical (unpaired) electrons. The van der Waals surface area contributed by atoms with Gasteiger partial charge in [0.25, 0.3) is 0 Å². The number of nitrogens with one attached hydrogen (secondary N) is 1. The fourth-order valence-corrected chi connectivity index (χ4v) is 4.18. The van der Waals surface area contributed by atoms with Crippen molar-refractivity contribution in [3.05, 3.63) is 35.4 Å². The molecule has 2 atom stereocenters. The molecule has 1 N–H and O–H groups in total. The highest BCUT2D eigenvalue weighted by Crippen LogP contribution is 2.46. The van der Waals surface area contributed by atoms with E-state index in [1.807, 2.05) is 18.8 Å². The van der Waals surface area contributed by atoms with Crippen molar-refractivity contribution < 1.29 is 13.2 Å². The van der Waals surface area contributed by atoms with Gasteiger partial charge in [0.15, 0.2) is 0 Å². The van der Waals surface area contributed by atoms with Crippen molar-refractivity contribution in [1.82, 2.24) is 5.32 Å². The Kier molecular flexibility index (Phi) is 4.16. The van der Waals surface area contributed by atoms with Crippen molar-refractivity contribution in [2.45, 2.75) is 36.7 Å². The number of benzene rings is 1. The van der Waals surface area contributed by atoms with E-state index in [4.69, 9.17) is 0 Å². The summed E-state index contributed by atoms with van der Waals surface area (Å²) in [7, 11) is 1.87. The van der Waals surface area contributed by atoms with Crippen LogP contribution in [0.4, 0.5) is 13.2 Å². The molecule has 106 valence electrons. The molecule has 0 bridgehead atoms. The Bertz CT molecular complexity index is 421. The van der Waals surface area contributed by atoms with Crippen molar-refractivity contribution in [2.24, 2.45) is 0 Å². The van der Waals surface area contributed by atoms with E-state index in [-0.39, 0.29) is 10.8 Å². The smallest absolute Gasteiger partial charge is 0.312 e. The monoisotopic (exact) mass is 289 g/mol. The van der Waals surface area contributed by atoms with Crippen LogP contribution in [0, 0.1) is 0 Å². The van der Waals surface area contributed by atoms with Crippen LogP contribution < -0.4 is 5.32 Å². The fraction of sp³-hybridized carbons (Fsp3) is 0.571. The molecule has 5 heteroatoms. The average Bonchev–Trinajstić information content (AvgIpc) is 2.77. The highest BCUT2D eigenvalue weighted by molar-refractivity contribution is 8.00. The standard InChI is InChI=1S/C14H18F3NS/c1-13(8-3-9-19-13)12(18-2)10-4-6-11(7-5-10)14(15,16)17/h4-7,12,18H,3,8-9H2,1-2H3. The third-order valence-electron chi connectivity index (χ3n) is 3.72. The molecule has 2 unspecified atom stereocenters. The minimum absolute atomic E-state index is 0.0640. The molecule has 1 aliphatic heterocycles. The van der Waals surface area contributed by atoms with E-state index in [1.54, 1.807) is 12.1 Å². The van der Waals surface area contributed by atoms with Gasteiger partial charge < -0.3 is 5.32 Å². The topological polar surface area (TPSA) is 12.0 Å². The second-order valence-corrected chi connectivity index (χ2v) is 6.74. The third-order valence-corrected chi connectivity index (χ3v) is 5.31. The first-order valence-corrected chi connectivity index (χ1v) is 7.34. The molecule has 0 saturated carbocycles. The zero-order chi connectivity index (χ0) is 14.1. The summed E-state index contributed by atoms with van der Waals surface area (Å²) in [5.74, 6) is 1.12. The van der Waals surface area contributed by atoms with E-state index in [1.165, 1.54) is 18.6 Å². The highest BCUT2D eigenvalue weighted by Gasteiger charge is 2.38. The van der Waals surface area contributed by atoms with Crippen molar-refractivity contribution >= 4 is 11.8 Å². The zero-order valence-electron chi connectivity index (χ0n) is 11.1. The Hall–Kier alpha value is -0.680. The molecule has 1 heterocycles. The van der Waals surface area contributed by atoms with Crippen LogP contribution in [-0.2, 0) is 6.18 Å². The minimum Gasteiger partial charge on any atom is -0.312 e. The molecule has 0 spiro atoms. The Morgan fingerprint density at radius 3 is 2.32 bits per heavy atom. The van der Waals surface area contributed by atoms with Gasteiger partial charge in [0.1, 0.15) is 0 Å². The third kappa shape index (κ3) is 3.08. The van der Waals surface area contributed by atoms with Crippen molar-refractivity contribution in [3.8, 4) is 0 Å². The first-order chi connectivity index (χ1) is 8.87. The van der Waals surface area contributed by atoms with Crippen LogP contribution >= 0.6 is 11.8 Å². The molecule has 1 aliphatic rings. The number of thioether (sulfide) groups is 1. The predicted octanol–water partition coefficient (Wildman–Crippen LogP) is 4.25. The molecule has 1 aromatic carbocycles. The van der Waals surface area contributed by atoms with Crippen LogP contribution in [0.1, 0.15) is 36.9 Å². The van der Waals surface area contributed by atoms with Crippen molar-refractivity contribution in [2.75, 3.05) is 12.8 Å². The number of hydrogen-bond donors (Lipinski definition) is 1. The van der Waals surface area contributed by atoms with E-state index in [0.717, 1.165) is 17.7 Å². The molecule has 0 aliphatic carbocycles.